The van der Waals surface area contributed by atoms with E-state index in [1.165, 1.54) is 0 Å². The van der Waals surface area contributed by atoms with E-state index in [0.717, 1.165) is 64.1 Å². The van der Waals surface area contributed by atoms with Gasteiger partial charge in [-0.15, -0.1) is 0 Å². The molecular formula is C46H34O4S3. The smallest absolute Gasteiger partial charge is 0.177 e. The highest BCUT2D eigenvalue weighted by Gasteiger charge is 2.30. The third-order valence-electron chi connectivity index (χ3n) is 8.70. The predicted octanol–water partition coefficient (Wildman–Crippen LogP) is 11.4. The van der Waals surface area contributed by atoms with Gasteiger partial charge < -0.3 is 0 Å². The maximum absolute atomic E-state index is 14.6. The van der Waals surface area contributed by atoms with E-state index in [9.17, 15) is 8.42 Å². The Hall–Kier alpha value is -5.41. The molecule has 0 aromatic heterocycles. The summed E-state index contributed by atoms with van der Waals surface area (Å²) in [5, 5.41) is 0. The van der Waals surface area contributed by atoms with Crippen LogP contribution in [0.2, 0.25) is 0 Å². The molecule has 0 saturated carbocycles. The quantitative estimate of drug-likeness (QED) is 0.131. The van der Waals surface area contributed by atoms with Crippen LogP contribution in [0.25, 0.3) is 21.0 Å². The zero-order valence-corrected chi connectivity index (χ0v) is 30.9. The lowest BCUT2D eigenvalue weighted by Gasteiger charge is -2.25. The molecule has 0 saturated heterocycles. The van der Waals surface area contributed by atoms with Crippen molar-refractivity contribution in [2.24, 2.45) is 0 Å². The van der Waals surface area contributed by atoms with E-state index in [2.05, 4.69) is 24.3 Å². The largest absolute Gasteiger partial charge is 0.421 e. The molecule has 6 aromatic carbocycles. The van der Waals surface area contributed by atoms with Gasteiger partial charge in [-0.2, -0.15) is 15.7 Å². The minimum absolute atomic E-state index is 0.738. The van der Waals surface area contributed by atoms with Crippen molar-refractivity contribution in [3.8, 4) is 0 Å². The summed E-state index contributed by atoms with van der Waals surface area (Å²) in [6, 6.07) is 59.4. The summed E-state index contributed by atoms with van der Waals surface area (Å²) >= 11 is 0. The summed E-state index contributed by atoms with van der Waals surface area (Å²) in [5.41, 5.74) is 7.38. The Balaban J connectivity index is 1.30. The summed E-state index contributed by atoms with van der Waals surface area (Å²) in [6.45, 7) is 0. The van der Waals surface area contributed by atoms with E-state index in [0.29, 0.717) is 0 Å². The van der Waals surface area contributed by atoms with Crippen LogP contribution in [0.1, 0.15) is 33.4 Å². The molecular weight excluding hydrogens is 713 g/mol. The Morgan fingerprint density at radius 3 is 0.887 bits per heavy atom. The minimum Gasteiger partial charge on any atom is -0.177 e. The summed E-state index contributed by atoms with van der Waals surface area (Å²) in [7, 11) is -7.45. The normalized spacial score (nSPS) is 17.4. The fraction of sp³-hybridized carbons (Fsp3) is 0. The molecule has 2 heterocycles. The molecule has 2 aliphatic heterocycles. The maximum Gasteiger partial charge on any atom is 0.421 e. The average Bonchev–Trinajstić information content (AvgIpc) is 3.22. The first-order chi connectivity index (χ1) is 26.0. The van der Waals surface area contributed by atoms with Crippen LogP contribution in [0.4, 0.5) is 0 Å². The van der Waals surface area contributed by atoms with Crippen LogP contribution in [0.15, 0.2) is 206 Å². The van der Waals surface area contributed by atoms with Crippen molar-refractivity contribution >= 4 is 62.6 Å². The Morgan fingerprint density at radius 1 is 0.321 bits per heavy atom. The second-order valence-corrected chi connectivity index (χ2v) is 17.0. The first kappa shape index (κ1) is 34.7. The van der Waals surface area contributed by atoms with Gasteiger partial charge in [-0.25, -0.2) is 0 Å². The summed E-state index contributed by atoms with van der Waals surface area (Å²) in [6.07, 6.45) is 8.13. The molecule has 0 amide bonds. The number of hydrogen-bond acceptors (Lipinski definition) is 4. The standard InChI is InChI=1S/C46H34O4S3/c47-53(48,49-51-43(37-23-11-3-12-24-37)31-41(35-19-7-1-8-20-35)32-44(51)38-25-13-4-14-26-38)50-52-45(39-27-15-5-16-28-39)33-42(36-21-9-2-10-22-36)34-46(52)40-29-17-6-18-30-40/h1-34H. The Bertz CT molecular complexity index is 2380. The topological polar surface area (TPSA) is 52.6 Å². The van der Waals surface area contributed by atoms with Gasteiger partial charge in [-0.05, 0) is 68.8 Å². The van der Waals surface area contributed by atoms with Gasteiger partial charge in [0.2, 0.25) is 0 Å². The van der Waals surface area contributed by atoms with Gasteiger partial charge in [0.05, 0.1) is 0 Å². The maximum atomic E-state index is 14.6. The third-order valence-corrected chi connectivity index (χ3v) is 14.1. The first-order valence-electron chi connectivity index (χ1n) is 17.1. The number of hydrogen-bond donors (Lipinski definition) is 0. The summed E-state index contributed by atoms with van der Waals surface area (Å²) in [4.78, 5) is 2.95. The fourth-order valence-corrected chi connectivity index (χ4v) is 11.8. The number of allylic oxidation sites excluding steroid dienone is 6. The van der Waals surface area contributed by atoms with Gasteiger partial charge in [0.15, 0.2) is 0 Å². The van der Waals surface area contributed by atoms with E-state index in [4.69, 9.17) is 7.26 Å². The first-order valence-corrected chi connectivity index (χ1v) is 20.7. The molecule has 7 heteroatoms. The molecule has 0 radical (unpaired) electrons. The van der Waals surface area contributed by atoms with Crippen molar-refractivity contribution in [3.63, 3.8) is 0 Å². The van der Waals surface area contributed by atoms with Gasteiger partial charge in [-0.3, -0.25) is 0 Å². The molecule has 0 N–H and O–H groups in total. The van der Waals surface area contributed by atoms with E-state index >= 15 is 0 Å². The van der Waals surface area contributed by atoms with Crippen LogP contribution in [0.5, 0.6) is 0 Å². The summed E-state index contributed by atoms with van der Waals surface area (Å²) in [5.74, 6) is 0. The van der Waals surface area contributed by atoms with Gasteiger partial charge in [0, 0.05) is 41.1 Å². The molecule has 2 aliphatic rings. The highest BCUT2D eigenvalue weighted by atomic mass is 32.3. The summed E-state index contributed by atoms with van der Waals surface area (Å²) < 4.78 is 42.0. The zero-order chi connectivity index (χ0) is 36.0. The molecule has 2 unspecified atom stereocenters. The van der Waals surface area contributed by atoms with Crippen LogP contribution in [-0.4, -0.2) is 18.1 Å². The minimum atomic E-state index is -4.67. The van der Waals surface area contributed by atoms with Crippen molar-refractivity contribution < 1.29 is 15.7 Å². The third kappa shape index (κ3) is 7.86. The lowest BCUT2D eigenvalue weighted by molar-refractivity contribution is 0.439. The van der Waals surface area contributed by atoms with Crippen molar-refractivity contribution in [2.75, 3.05) is 0 Å². The highest BCUT2D eigenvalue weighted by molar-refractivity contribution is 8.27. The lowest BCUT2D eigenvalue weighted by Crippen LogP contribution is -2.13. The second kappa shape index (κ2) is 15.7. The van der Waals surface area contributed by atoms with E-state index in [1.54, 1.807) is 0 Å². The number of rotatable bonds is 10. The molecule has 260 valence electrons. The van der Waals surface area contributed by atoms with E-state index in [-0.39, 0.29) is 0 Å². The van der Waals surface area contributed by atoms with Crippen LogP contribution in [-0.2, 0) is 17.7 Å². The molecule has 4 nitrogen and oxygen atoms in total. The Kier molecular flexibility index (Phi) is 10.3. The molecule has 0 bridgehead atoms. The zero-order valence-electron chi connectivity index (χ0n) is 28.5. The molecule has 53 heavy (non-hydrogen) atoms. The van der Waals surface area contributed by atoms with Crippen LogP contribution >= 0.6 is 21.5 Å². The molecule has 0 aliphatic carbocycles. The van der Waals surface area contributed by atoms with Gasteiger partial charge in [0.25, 0.3) is 0 Å². The molecule has 0 spiro atoms. The van der Waals surface area contributed by atoms with Crippen molar-refractivity contribution in [1.29, 1.82) is 0 Å². The van der Waals surface area contributed by atoms with Gasteiger partial charge in [0.1, 0.15) is 0 Å². The van der Waals surface area contributed by atoms with Crippen molar-refractivity contribution in [2.45, 2.75) is 0 Å². The second-order valence-electron chi connectivity index (χ2n) is 12.2. The molecule has 8 rings (SSSR count). The predicted molar refractivity (Wildman–Crippen MR) is 225 cm³/mol. The van der Waals surface area contributed by atoms with Crippen LogP contribution < -0.4 is 0 Å². The van der Waals surface area contributed by atoms with Crippen molar-refractivity contribution in [1.82, 2.24) is 0 Å². The van der Waals surface area contributed by atoms with E-state index in [1.807, 2.05) is 182 Å². The Labute approximate surface area is 316 Å². The van der Waals surface area contributed by atoms with Gasteiger partial charge in [-0.1, -0.05) is 182 Å². The van der Waals surface area contributed by atoms with E-state index < -0.39 is 31.9 Å². The van der Waals surface area contributed by atoms with Crippen LogP contribution in [0.3, 0.4) is 0 Å². The Morgan fingerprint density at radius 2 is 0.585 bits per heavy atom. The molecule has 6 aromatic rings. The fourth-order valence-electron chi connectivity index (χ4n) is 6.19. The molecule has 0 fully saturated rings. The van der Waals surface area contributed by atoms with Gasteiger partial charge >= 0.3 is 10.4 Å². The number of benzene rings is 6. The monoisotopic (exact) mass is 746 g/mol. The van der Waals surface area contributed by atoms with Crippen molar-refractivity contribution in [3.05, 3.63) is 240 Å². The highest BCUT2D eigenvalue weighted by Crippen LogP contribution is 2.49. The SMILES string of the molecule is O=S(=O)(OS1=C(c2ccccc2)C=C(c2ccccc2)C=C1c1ccccc1)OS1=C(c2ccccc2)C=C(c2ccccc2)C=C1c1ccccc1. The molecule has 2 atom stereocenters. The van der Waals surface area contributed by atoms with Crippen LogP contribution in [0, 0.1) is 0 Å². The lowest BCUT2D eigenvalue weighted by atomic mass is 10.0. The average molecular weight is 747 g/mol.